The summed E-state index contributed by atoms with van der Waals surface area (Å²) in [5.74, 6) is 0.202. The molecule has 0 spiro atoms. The molecule has 1 amide bonds. The number of aromatic hydroxyl groups is 1. The summed E-state index contributed by atoms with van der Waals surface area (Å²) in [6, 6.07) is 3.35. The molecule has 1 heterocycles. The van der Waals surface area contributed by atoms with Crippen molar-refractivity contribution in [3.63, 3.8) is 0 Å². The van der Waals surface area contributed by atoms with Crippen molar-refractivity contribution in [1.29, 1.82) is 0 Å². The maximum Gasteiger partial charge on any atom is 0.276 e. The van der Waals surface area contributed by atoms with Crippen LogP contribution in [-0.2, 0) is 4.79 Å². The number of amides is 1. The number of phenolic OH excluding ortho intramolecular Hbond substituents is 1. The fourth-order valence-electron chi connectivity index (χ4n) is 2.00. The van der Waals surface area contributed by atoms with E-state index in [1.165, 1.54) is 12.0 Å². The topological polar surface area (TPSA) is 61.8 Å². The summed E-state index contributed by atoms with van der Waals surface area (Å²) < 4.78 is 5.58. The fraction of sp³-hybridized carbons (Fsp3) is 0.286. The second-order valence-corrected chi connectivity index (χ2v) is 5.74. The lowest BCUT2D eigenvalue weighted by molar-refractivity contribution is -0.122. The molecule has 0 bridgehead atoms. The van der Waals surface area contributed by atoms with Crippen molar-refractivity contribution in [2.45, 2.75) is 13.3 Å². The van der Waals surface area contributed by atoms with Gasteiger partial charge in [0.1, 0.15) is 5.70 Å². The number of phenols is 1. The second kappa shape index (κ2) is 6.44. The molecule has 0 saturated carbocycles. The molecule has 1 fully saturated rings. The van der Waals surface area contributed by atoms with Gasteiger partial charge in [-0.1, -0.05) is 6.92 Å². The number of ether oxygens (including phenoxy) is 1. The molecule has 1 aromatic rings. The average Bonchev–Trinajstić information content (AvgIpc) is 2.70. The molecule has 0 aromatic heterocycles. The average molecular weight is 371 g/mol. The highest BCUT2D eigenvalue weighted by atomic mass is 79.9. The molecular weight excluding hydrogens is 356 g/mol. The summed E-state index contributed by atoms with van der Waals surface area (Å²) >= 11 is 8.40. The third kappa shape index (κ3) is 3.19. The van der Waals surface area contributed by atoms with E-state index in [0.29, 0.717) is 33.1 Å². The van der Waals surface area contributed by atoms with Crippen molar-refractivity contribution in [1.82, 2.24) is 10.2 Å². The lowest BCUT2D eigenvalue weighted by atomic mass is 10.1. The van der Waals surface area contributed by atoms with Gasteiger partial charge >= 0.3 is 0 Å². The smallest absolute Gasteiger partial charge is 0.276 e. The van der Waals surface area contributed by atoms with Gasteiger partial charge in [-0.25, -0.2) is 0 Å². The molecule has 0 unspecified atom stereocenters. The number of nitrogens with zero attached hydrogens (tertiary/aromatic N) is 1. The Labute approximate surface area is 136 Å². The molecule has 0 atom stereocenters. The molecule has 21 heavy (non-hydrogen) atoms. The Hall–Kier alpha value is -1.60. The minimum Gasteiger partial charge on any atom is -0.503 e. The first-order valence-electron chi connectivity index (χ1n) is 6.39. The third-order valence-corrected chi connectivity index (χ3v) is 3.92. The number of hydrogen-bond acceptors (Lipinski definition) is 4. The standard InChI is InChI=1S/C14H15BrN2O3S/c1-3-4-17-13(19)10(16-14(17)21)6-8-5-9(15)12(18)11(7-8)20-2/h5-7,18H,3-4H2,1-2H3,(H,16,21). The number of benzene rings is 1. The lowest BCUT2D eigenvalue weighted by Crippen LogP contribution is -2.31. The Morgan fingerprint density at radius 3 is 2.86 bits per heavy atom. The molecule has 2 rings (SSSR count). The van der Waals surface area contributed by atoms with Crippen molar-refractivity contribution in [3.8, 4) is 11.5 Å². The summed E-state index contributed by atoms with van der Waals surface area (Å²) in [6.45, 7) is 2.57. The van der Waals surface area contributed by atoms with Crippen LogP contribution in [0, 0.1) is 0 Å². The number of halogens is 1. The maximum atomic E-state index is 12.2. The van der Waals surface area contributed by atoms with Crippen LogP contribution >= 0.6 is 28.1 Å². The predicted octanol–water partition coefficient (Wildman–Crippen LogP) is 2.63. The maximum absolute atomic E-state index is 12.2. The van der Waals surface area contributed by atoms with E-state index in [1.807, 2.05) is 6.92 Å². The number of hydrogen-bond donors (Lipinski definition) is 2. The number of carbonyl (C=O) groups is 1. The molecule has 1 aliphatic heterocycles. The summed E-state index contributed by atoms with van der Waals surface area (Å²) in [6.07, 6.45) is 2.51. The highest BCUT2D eigenvalue weighted by molar-refractivity contribution is 9.10. The van der Waals surface area contributed by atoms with Crippen LogP contribution in [0.3, 0.4) is 0 Å². The molecule has 7 heteroatoms. The molecule has 0 radical (unpaired) electrons. The molecule has 0 aliphatic carbocycles. The van der Waals surface area contributed by atoms with Gasteiger partial charge in [0, 0.05) is 6.54 Å². The summed E-state index contributed by atoms with van der Waals surface area (Å²) in [7, 11) is 1.47. The van der Waals surface area contributed by atoms with Crippen LogP contribution in [0.1, 0.15) is 18.9 Å². The second-order valence-electron chi connectivity index (χ2n) is 4.50. The number of nitrogens with one attached hydrogen (secondary N) is 1. The number of methoxy groups -OCH3 is 1. The van der Waals surface area contributed by atoms with Gasteiger partial charge in [0.05, 0.1) is 11.6 Å². The molecule has 5 nitrogen and oxygen atoms in total. The summed E-state index contributed by atoms with van der Waals surface area (Å²) in [4.78, 5) is 13.8. The SMILES string of the molecule is CCCN1C(=O)C(=Cc2cc(Br)c(O)c(OC)c2)NC1=S. The minimum absolute atomic E-state index is 0.0217. The van der Waals surface area contributed by atoms with Gasteiger partial charge in [0.2, 0.25) is 0 Å². The Morgan fingerprint density at radius 1 is 1.52 bits per heavy atom. The van der Waals surface area contributed by atoms with E-state index in [0.717, 1.165) is 6.42 Å². The highest BCUT2D eigenvalue weighted by Gasteiger charge is 2.29. The summed E-state index contributed by atoms with van der Waals surface area (Å²) in [5, 5.41) is 13.1. The lowest BCUT2D eigenvalue weighted by Gasteiger charge is -2.11. The first-order chi connectivity index (χ1) is 9.97. The fourth-order valence-corrected chi connectivity index (χ4v) is 2.74. The van der Waals surface area contributed by atoms with E-state index >= 15 is 0 Å². The molecule has 112 valence electrons. The van der Waals surface area contributed by atoms with Crippen LogP contribution < -0.4 is 10.1 Å². The molecule has 1 saturated heterocycles. The quantitative estimate of drug-likeness (QED) is 0.630. The predicted molar refractivity (Wildman–Crippen MR) is 88.1 cm³/mol. The van der Waals surface area contributed by atoms with E-state index in [4.69, 9.17) is 17.0 Å². The van der Waals surface area contributed by atoms with Gasteiger partial charge in [-0.15, -0.1) is 0 Å². The zero-order valence-corrected chi connectivity index (χ0v) is 14.0. The van der Waals surface area contributed by atoms with Gasteiger partial charge < -0.3 is 15.2 Å². The third-order valence-electron chi connectivity index (χ3n) is 2.99. The largest absolute Gasteiger partial charge is 0.503 e. The van der Waals surface area contributed by atoms with Crippen molar-refractivity contribution < 1.29 is 14.6 Å². The normalized spacial score (nSPS) is 16.5. The highest BCUT2D eigenvalue weighted by Crippen LogP contribution is 2.35. The molecular formula is C14H15BrN2O3S. The van der Waals surface area contributed by atoms with Gasteiger partial charge in [-0.3, -0.25) is 9.69 Å². The van der Waals surface area contributed by atoms with Crippen LogP contribution in [0.5, 0.6) is 11.5 Å². The van der Waals surface area contributed by atoms with Crippen LogP contribution in [0.15, 0.2) is 22.3 Å². The molecule has 1 aliphatic rings. The first kappa shape index (κ1) is 15.8. The van der Waals surface area contributed by atoms with E-state index in [2.05, 4.69) is 21.2 Å². The Kier molecular flexibility index (Phi) is 4.84. The van der Waals surface area contributed by atoms with Gasteiger partial charge in [-0.05, 0) is 58.3 Å². The van der Waals surface area contributed by atoms with Crippen molar-refractivity contribution in [2.24, 2.45) is 0 Å². The Balaban J connectivity index is 2.35. The number of carbonyl (C=O) groups excluding carboxylic acids is 1. The summed E-state index contributed by atoms with van der Waals surface area (Å²) in [5.41, 5.74) is 1.13. The van der Waals surface area contributed by atoms with Gasteiger partial charge in [0.25, 0.3) is 5.91 Å². The van der Waals surface area contributed by atoms with Gasteiger partial charge in [-0.2, -0.15) is 0 Å². The van der Waals surface area contributed by atoms with Crippen molar-refractivity contribution in [3.05, 3.63) is 27.9 Å². The van der Waals surface area contributed by atoms with Gasteiger partial charge in [0.15, 0.2) is 16.6 Å². The Bertz CT molecular complexity index is 631. The van der Waals surface area contributed by atoms with E-state index in [-0.39, 0.29) is 11.7 Å². The molecule has 1 aromatic carbocycles. The van der Waals surface area contributed by atoms with Crippen molar-refractivity contribution >= 4 is 45.2 Å². The zero-order valence-electron chi connectivity index (χ0n) is 11.6. The Morgan fingerprint density at radius 2 is 2.24 bits per heavy atom. The van der Waals surface area contributed by atoms with E-state index < -0.39 is 0 Å². The van der Waals surface area contributed by atoms with Crippen LogP contribution in [0.4, 0.5) is 0 Å². The number of rotatable bonds is 4. The van der Waals surface area contributed by atoms with Crippen LogP contribution in [0.2, 0.25) is 0 Å². The monoisotopic (exact) mass is 370 g/mol. The van der Waals surface area contributed by atoms with Crippen LogP contribution in [0.25, 0.3) is 6.08 Å². The zero-order chi connectivity index (χ0) is 15.6. The van der Waals surface area contributed by atoms with Crippen molar-refractivity contribution in [2.75, 3.05) is 13.7 Å². The van der Waals surface area contributed by atoms with E-state index in [9.17, 15) is 9.90 Å². The minimum atomic E-state index is -0.148. The van der Waals surface area contributed by atoms with E-state index in [1.54, 1.807) is 18.2 Å². The van der Waals surface area contributed by atoms with Crippen LogP contribution in [-0.4, -0.2) is 34.7 Å². The number of thiocarbonyl (C=S) groups is 1. The first-order valence-corrected chi connectivity index (χ1v) is 7.59. The molecule has 2 N–H and O–H groups in total.